The van der Waals surface area contributed by atoms with Crippen molar-refractivity contribution in [3.63, 3.8) is 0 Å². The number of carbonyl (C=O) groups excluding carboxylic acids is 1. The van der Waals surface area contributed by atoms with E-state index < -0.39 is 11.6 Å². The highest BCUT2D eigenvalue weighted by atomic mass is 32.1. The third-order valence-electron chi connectivity index (χ3n) is 3.33. The lowest BCUT2D eigenvalue weighted by molar-refractivity contribution is 0.0946. The second kappa shape index (κ2) is 7.85. The molecule has 1 heterocycles. The first-order valence-corrected chi connectivity index (χ1v) is 8.34. The summed E-state index contributed by atoms with van der Waals surface area (Å²) < 4.78 is 31.6. The number of rotatable bonds is 6. The van der Waals surface area contributed by atoms with E-state index in [9.17, 15) is 13.6 Å². The van der Waals surface area contributed by atoms with Crippen LogP contribution in [0.4, 0.5) is 8.78 Å². The molecule has 0 bridgehead atoms. The summed E-state index contributed by atoms with van der Waals surface area (Å²) in [5.74, 6) is -1.81. The molecule has 2 aromatic carbocycles. The second-order valence-corrected chi connectivity index (χ2v) is 6.10. The van der Waals surface area contributed by atoms with E-state index in [-0.39, 0.29) is 24.0 Å². The Kier molecular flexibility index (Phi) is 5.35. The standard InChI is InChI=1S/C18H14F2N2O2S/c19-13-6-7-16(14(20)8-13)24-10-17-22-15(11-25-17)18(23)21-9-12-4-2-1-3-5-12/h1-8,11H,9-10H2,(H,21,23). The number of halogens is 2. The van der Waals surface area contributed by atoms with Crippen molar-refractivity contribution in [1.82, 2.24) is 10.3 Å². The van der Waals surface area contributed by atoms with Gasteiger partial charge in [0.2, 0.25) is 0 Å². The van der Waals surface area contributed by atoms with Gasteiger partial charge in [0, 0.05) is 18.0 Å². The van der Waals surface area contributed by atoms with Crippen molar-refractivity contribution in [2.24, 2.45) is 0 Å². The fourth-order valence-electron chi connectivity index (χ4n) is 2.08. The van der Waals surface area contributed by atoms with E-state index in [1.54, 1.807) is 5.38 Å². The highest BCUT2D eigenvalue weighted by Gasteiger charge is 2.12. The van der Waals surface area contributed by atoms with Crippen molar-refractivity contribution in [2.45, 2.75) is 13.2 Å². The first-order valence-electron chi connectivity index (χ1n) is 7.46. The van der Waals surface area contributed by atoms with E-state index in [2.05, 4.69) is 10.3 Å². The van der Waals surface area contributed by atoms with Crippen LogP contribution in [0.1, 0.15) is 21.1 Å². The SMILES string of the molecule is O=C(NCc1ccccc1)c1csc(COc2ccc(F)cc2F)n1. The smallest absolute Gasteiger partial charge is 0.271 e. The van der Waals surface area contributed by atoms with Gasteiger partial charge in [-0.2, -0.15) is 0 Å². The van der Waals surface area contributed by atoms with Crippen molar-refractivity contribution in [1.29, 1.82) is 0 Å². The molecule has 1 amide bonds. The number of benzene rings is 2. The molecule has 0 aliphatic heterocycles. The van der Waals surface area contributed by atoms with Crippen molar-refractivity contribution in [3.05, 3.63) is 81.8 Å². The van der Waals surface area contributed by atoms with Gasteiger partial charge in [-0.15, -0.1) is 11.3 Å². The Hall–Kier alpha value is -2.80. The quantitative estimate of drug-likeness (QED) is 0.725. The molecule has 0 fully saturated rings. The molecule has 7 heteroatoms. The number of aromatic nitrogens is 1. The zero-order valence-corrected chi connectivity index (χ0v) is 13.9. The van der Waals surface area contributed by atoms with Crippen LogP contribution in [0, 0.1) is 11.6 Å². The van der Waals surface area contributed by atoms with Gasteiger partial charge < -0.3 is 10.1 Å². The Labute approximate surface area is 147 Å². The van der Waals surface area contributed by atoms with Crippen LogP contribution in [0.15, 0.2) is 53.9 Å². The van der Waals surface area contributed by atoms with E-state index >= 15 is 0 Å². The molecule has 3 aromatic rings. The summed E-state index contributed by atoms with van der Waals surface area (Å²) in [6, 6.07) is 12.6. The largest absolute Gasteiger partial charge is 0.483 e. The van der Waals surface area contributed by atoms with E-state index in [1.807, 2.05) is 30.3 Å². The summed E-state index contributed by atoms with van der Waals surface area (Å²) in [6.45, 7) is 0.406. The Balaban J connectivity index is 1.55. The summed E-state index contributed by atoms with van der Waals surface area (Å²) in [5, 5.41) is 4.91. The number of thiazole rings is 1. The highest BCUT2D eigenvalue weighted by molar-refractivity contribution is 7.09. The Bertz CT molecular complexity index is 869. The van der Waals surface area contributed by atoms with Gasteiger partial charge in [0.05, 0.1) is 0 Å². The average Bonchev–Trinajstić information content (AvgIpc) is 3.09. The van der Waals surface area contributed by atoms with Gasteiger partial charge in [0.15, 0.2) is 11.6 Å². The summed E-state index contributed by atoms with van der Waals surface area (Å²) in [6.07, 6.45) is 0. The molecule has 0 atom stereocenters. The lowest BCUT2D eigenvalue weighted by Crippen LogP contribution is -2.23. The van der Waals surface area contributed by atoms with E-state index in [4.69, 9.17) is 4.74 Å². The van der Waals surface area contributed by atoms with Crippen LogP contribution in [0.2, 0.25) is 0 Å². The molecular formula is C18H14F2N2O2S. The molecule has 0 aliphatic carbocycles. The fraction of sp³-hybridized carbons (Fsp3) is 0.111. The highest BCUT2D eigenvalue weighted by Crippen LogP contribution is 2.20. The molecule has 4 nitrogen and oxygen atoms in total. The Morgan fingerprint density at radius 3 is 2.72 bits per heavy atom. The number of carbonyl (C=O) groups is 1. The van der Waals surface area contributed by atoms with Crippen LogP contribution in [-0.2, 0) is 13.2 Å². The monoisotopic (exact) mass is 360 g/mol. The van der Waals surface area contributed by atoms with Crippen LogP contribution in [-0.4, -0.2) is 10.9 Å². The molecular weight excluding hydrogens is 346 g/mol. The van der Waals surface area contributed by atoms with Gasteiger partial charge in [-0.1, -0.05) is 30.3 Å². The zero-order chi connectivity index (χ0) is 17.6. The fourth-order valence-corrected chi connectivity index (χ4v) is 2.77. The van der Waals surface area contributed by atoms with Gasteiger partial charge in [-0.25, -0.2) is 13.8 Å². The molecule has 3 rings (SSSR count). The Morgan fingerprint density at radius 1 is 1.16 bits per heavy atom. The maximum atomic E-state index is 13.5. The number of nitrogens with one attached hydrogen (secondary N) is 1. The minimum atomic E-state index is -0.780. The lowest BCUT2D eigenvalue weighted by Gasteiger charge is -2.05. The molecule has 0 aliphatic rings. The van der Waals surface area contributed by atoms with Gasteiger partial charge in [-0.3, -0.25) is 4.79 Å². The molecule has 0 saturated carbocycles. The van der Waals surface area contributed by atoms with E-state index in [0.717, 1.165) is 17.7 Å². The van der Waals surface area contributed by atoms with E-state index in [1.165, 1.54) is 17.4 Å². The molecule has 0 saturated heterocycles. The molecule has 1 N–H and O–H groups in total. The topological polar surface area (TPSA) is 51.2 Å². The number of hydrogen-bond acceptors (Lipinski definition) is 4. The number of hydrogen-bond donors (Lipinski definition) is 1. The van der Waals surface area contributed by atoms with E-state index in [0.29, 0.717) is 11.6 Å². The van der Waals surface area contributed by atoms with Crippen LogP contribution in [0.3, 0.4) is 0 Å². The number of nitrogens with zero attached hydrogens (tertiary/aromatic N) is 1. The van der Waals surface area contributed by atoms with Crippen LogP contribution in [0.5, 0.6) is 5.75 Å². The third kappa shape index (κ3) is 4.60. The maximum Gasteiger partial charge on any atom is 0.271 e. The second-order valence-electron chi connectivity index (χ2n) is 5.16. The normalized spacial score (nSPS) is 10.5. The molecule has 0 radical (unpaired) electrons. The predicted molar refractivity (Wildman–Crippen MR) is 90.4 cm³/mol. The van der Waals surface area contributed by atoms with Crippen molar-refractivity contribution in [3.8, 4) is 5.75 Å². The average molecular weight is 360 g/mol. The summed E-state index contributed by atoms with van der Waals surface area (Å²) in [7, 11) is 0. The minimum Gasteiger partial charge on any atom is -0.483 e. The first kappa shape index (κ1) is 17.0. The summed E-state index contributed by atoms with van der Waals surface area (Å²) >= 11 is 1.23. The molecule has 0 spiro atoms. The summed E-state index contributed by atoms with van der Waals surface area (Å²) in [5.41, 5.74) is 1.26. The Morgan fingerprint density at radius 2 is 1.96 bits per heavy atom. The number of amides is 1. The molecule has 0 unspecified atom stereocenters. The molecule has 1 aromatic heterocycles. The van der Waals surface area contributed by atoms with Crippen LogP contribution >= 0.6 is 11.3 Å². The molecule has 128 valence electrons. The third-order valence-corrected chi connectivity index (χ3v) is 4.15. The lowest BCUT2D eigenvalue weighted by atomic mass is 10.2. The van der Waals surface area contributed by atoms with Gasteiger partial charge in [-0.05, 0) is 17.7 Å². The minimum absolute atomic E-state index is 0.000809. The van der Waals surface area contributed by atoms with Gasteiger partial charge in [0.1, 0.15) is 23.1 Å². The van der Waals surface area contributed by atoms with Gasteiger partial charge >= 0.3 is 0 Å². The van der Waals surface area contributed by atoms with Crippen LogP contribution < -0.4 is 10.1 Å². The molecule has 25 heavy (non-hydrogen) atoms. The summed E-state index contributed by atoms with van der Waals surface area (Å²) in [4.78, 5) is 16.3. The predicted octanol–water partition coefficient (Wildman–Crippen LogP) is 3.93. The van der Waals surface area contributed by atoms with Crippen molar-refractivity contribution in [2.75, 3.05) is 0 Å². The van der Waals surface area contributed by atoms with Crippen LogP contribution in [0.25, 0.3) is 0 Å². The van der Waals surface area contributed by atoms with Gasteiger partial charge in [0.25, 0.3) is 5.91 Å². The van der Waals surface area contributed by atoms with Crippen molar-refractivity contribution >= 4 is 17.2 Å². The first-order chi connectivity index (χ1) is 12.1. The van der Waals surface area contributed by atoms with Crippen molar-refractivity contribution < 1.29 is 18.3 Å². The maximum absolute atomic E-state index is 13.5. The number of ether oxygens (including phenoxy) is 1. The zero-order valence-electron chi connectivity index (χ0n) is 13.0.